The number of carbonyl (C=O) groups is 1. The molecule has 2 aromatic carbocycles. The SMILES string of the molecule is CCN(CC)CCn1c(NC(=O)c2cc(OC)c(Br)c(OC)c2)nc2ccccc21. The van der Waals surface area contributed by atoms with E-state index in [1.165, 1.54) is 0 Å². The molecular weight excluding hydrogens is 448 g/mol. The van der Waals surface area contributed by atoms with Gasteiger partial charge >= 0.3 is 0 Å². The van der Waals surface area contributed by atoms with E-state index in [0.29, 0.717) is 27.5 Å². The quantitative estimate of drug-likeness (QED) is 0.497. The highest BCUT2D eigenvalue weighted by Crippen LogP contribution is 2.35. The summed E-state index contributed by atoms with van der Waals surface area (Å²) in [5.74, 6) is 1.29. The van der Waals surface area contributed by atoms with Gasteiger partial charge in [0.2, 0.25) is 5.95 Å². The van der Waals surface area contributed by atoms with Gasteiger partial charge in [0.25, 0.3) is 5.91 Å². The van der Waals surface area contributed by atoms with Gasteiger partial charge in [-0.3, -0.25) is 10.1 Å². The molecule has 160 valence electrons. The fourth-order valence-corrected chi connectivity index (χ4v) is 3.91. The standard InChI is InChI=1S/C22H27BrN4O3/c1-5-26(6-2)11-12-27-17-10-8-7-9-16(17)24-22(27)25-21(28)15-13-18(29-3)20(23)19(14-15)30-4/h7-10,13-14H,5-6,11-12H2,1-4H3,(H,24,25,28). The lowest BCUT2D eigenvalue weighted by Gasteiger charge is -2.19. The zero-order valence-corrected chi connectivity index (χ0v) is 19.3. The summed E-state index contributed by atoms with van der Waals surface area (Å²) in [5, 5.41) is 2.97. The average molecular weight is 475 g/mol. The number of fused-ring (bicyclic) bond motifs is 1. The second-order valence-corrected chi connectivity index (χ2v) is 7.54. The number of rotatable bonds is 9. The largest absolute Gasteiger partial charge is 0.495 e. The number of aromatic nitrogens is 2. The first kappa shape index (κ1) is 22.1. The molecule has 0 radical (unpaired) electrons. The summed E-state index contributed by atoms with van der Waals surface area (Å²) in [7, 11) is 3.10. The van der Waals surface area contributed by atoms with Crippen molar-refractivity contribution in [1.29, 1.82) is 0 Å². The number of carbonyl (C=O) groups excluding carboxylic acids is 1. The summed E-state index contributed by atoms with van der Waals surface area (Å²) in [6.45, 7) is 7.84. The molecule has 0 fully saturated rings. The molecule has 0 saturated carbocycles. The Kier molecular flexibility index (Phi) is 7.33. The molecule has 0 atom stereocenters. The first-order valence-electron chi connectivity index (χ1n) is 9.92. The molecule has 30 heavy (non-hydrogen) atoms. The van der Waals surface area contributed by atoms with E-state index >= 15 is 0 Å². The van der Waals surface area contributed by atoms with Gasteiger partial charge in [-0.1, -0.05) is 26.0 Å². The summed E-state index contributed by atoms with van der Waals surface area (Å²) in [4.78, 5) is 20.0. The van der Waals surface area contributed by atoms with Crippen LogP contribution in [0.2, 0.25) is 0 Å². The Bertz CT molecular complexity index is 1010. The molecule has 1 heterocycles. The van der Waals surface area contributed by atoms with Crippen molar-refractivity contribution >= 4 is 38.8 Å². The van der Waals surface area contributed by atoms with Crippen LogP contribution < -0.4 is 14.8 Å². The zero-order valence-electron chi connectivity index (χ0n) is 17.7. The Labute approximate surface area is 185 Å². The minimum absolute atomic E-state index is 0.279. The molecular formula is C22H27BrN4O3. The van der Waals surface area contributed by atoms with Crippen molar-refractivity contribution in [1.82, 2.24) is 14.5 Å². The van der Waals surface area contributed by atoms with Crippen molar-refractivity contribution < 1.29 is 14.3 Å². The van der Waals surface area contributed by atoms with Crippen molar-refractivity contribution in [2.75, 3.05) is 39.2 Å². The molecule has 3 aromatic rings. The Morgan fingerprint density at radius 3 is 2.37 bits per heavy atom. The van der Waals surface area contributed by atoms with Gasteiger partial charge in [0.1, 0.15) is 16.0 Å². The minimum atomic E-state index is -0.279. The van der Waals surface area contributed by atoms with E-state index in [9.17, 15) is 4.79 Å². The topological polar surface area (TPSA) is 68.6 Å². The Morgan fingerprint density at radius 2 is 1.77 bits per heavy atom. The van der Waals surface area contributed by atoms with Gasteiger partial charge in [-0.15, -0.1) is 0 Å². The van der Waals surface area contributed by atoms with Crippen LogP contribution in [0, 0.1) is 0 Å². The fraction of sp³-hybridized carbons (Fsp3) is 0.364. The number of ether oxygens (including phenoxy) is 2. The molecule has 0 bridgehead atoms. The lowest BCUT2D eigenvalue weighted by atomic mass is 10.2. The fourth-order valence-electron chi connectivity index (χ4n) is 3.35. The first-order chi connectivity index (χ1) is 14.5. The molecule has 0 spiro atoms. The first-order valence-corrected chi connectivity index (χ1v) is 10.7. The van der Waals surface area contributed by atoms with E-state index < -0.39 is 0 Å². The third-order valence-electron chi connectivity index (χ3n) is 5.12. The maximum atomic E-state index is 13.0. The number of hydrogen-bond acceptors (Lipinski definition) is 5. The van der Waals surface area contributed by atoms with Crippen LogP contribution in [0.4, 0.5) is 5.95 Å². The van der Waals surface area contributed by atoms with Crippen LogP contribution in [-0.4, -0.2) is 54.2 Å². The van der Waals surface area contributed by atoms with E-state index in [-0.39, 0.29) is 5.91 Å². The number of benzene rings is 2. The number of amides is 1. The number of nitrogens with one attached hydrogen (secondary N) is 1. The highest BCUT2D eigenvalue weighted by atomic mass is 79.9. The van der Waals surface area contributed by atoms with Gasteiger partial charge in [-0.05, 0) is 53.3 Å². The van der Waals surface area contributed by atoms with Crippen LogP contribution in [0.3, 0.4) is 0 Å². The van der Waals surface area contributed by atoms with E-state index in [2.05, 4.69) is 49.5 Å². The van der Waals surface area contributed by atoms with E-state index in [1.807, 2.05) is 24.3 Å². The number of anilines is 1. The molecule has 0 unspecified atom stereocenters. The van der Waals surface area contributed by atoms with E-state index in [0.717, 1.165) is 37.2 Å². The van der Waals surface area contributed by atoms with E-state index in [4.69, 9.17) is 9.47 Å². The van der Waals surface area contributed by atoms with Crippen LogP contribution in [0.1, 0.15) is 24.2 Å². The monoisotopic (exact) mass is 474 g/mol. The van der Waals surface area contributed by atoms with Gasteiger partial charge in [0.15, 0.2) is 0 Å². The van der Waals surface area contributed by atoms with Crippen molar-refractivity contribution in [3.63, 3.8) is 0 Å². The van der Waals surface area contributed by atoms with Crippen LogP contribution >= 0.6 is 15.9 Å². The van der Waals surface area contributed by atoms with Crippen LogP contribution in [0.5, 0.6) is 11.5 Å². The van der Waals surface area contributed by atoms with Crippen molar-refractivity contribution in [2.24, 2.45) is 0 Å². The second-order valence-electron chi connectivity index (χ2n) is 6.75. The Morgan fingerprint density at radius 1 is 1.13 bits per heavy atom. The summed E-state index contributed by atoms with van der Waals surface area (Å²) in [6.07, 6.45) is 0. The molecule has 1 aromatic heterocycles. The summed E-state index contributed by atoms with van der Waals surface area (Å²) in [6, 6.07) is 11.2. The molecule has 0 aliphatic carbocycles. The third-order valence-corrected chi connectivity index (χ3v) is 5.90. The molecule has 3 rings (SSSR count). The number of imidazole rings is 1. The van der Waals surface area contributed by atoms with Gasteiger partial charge in [0, 0.05) is 18.7 Å². The maximum Gasteiger partial charge on any atom is 0.258 e. The highest BCUT2D eigenvalue weighted by molar-refractivity contribution is 9.10. The van der Waals surface area contributed by atoms with Crippen molar-refractivity contribution in [3.05, 3.63) is 46.4 Å². The summed E-state index contributed by atoms with van der Waals surface area (Å²) < 4.78 is 13.4. The Hall–Kier alpha value is -2.58. The smallest absolute Gasteiger partial charge is 0.258 e. The van der Waals surface area contributed by atoms with Crippen LogP contribution in [-0.2, 0) is 6.54 Å². The molecule has 0 aliphatic rings. The zero-order chi connectivity index (χ0) is 21.7. The van der Waals surface area contributed by atoms with Gasteiger partial charge in [0.05, 0.1) is 25.3 Å². The predicted molar refractivity (Wildman–Crippen MR) is 123 cm³/mol. The van der Waals surface area contributed by atoms with Gasteiger partial charge in [-0.2, -0.15) is 0 Å². The maximum absolute atomic E-state index is 13.0. The predicted octanol–water partition coefficient (Wildman–Crippen LogP) is 4.41. The molecule has 1 amide bonds. The second kappa shape index (κ2) is 9.95. The number of halogens is 1. The lowest BCUT2D eigenvalue weighted by Crippen LogP contribution is -2.27. The number of nitrogens with zero attached hydrogens (tertiary/aromatic N) is 3. The molecule has 0 saturated heterocycles. The molecule has 8 heteroatoms. The van der Waals surface area contributed by atoms with Crippen LogP contribution in [0.25, 0.3) is 11.0 Å². The number of hydrogen-bond donors (Lipinski definition) is 1. The molecule has 1 N–H and O–H groups in total. The minimum Gasteiger partial charge on any atom is -0.495 e. The summed E-state index contributed by atoms with van der Waals surface area (Å²) >= 11 is 3.43. The van der Waals surface area contributed by atoms with Gasteiger partial charge in [-0.25, -0.2) is 4.98 Å². The van der Waals surface area contributed by atoms with E-state index in [1.54, 1.807) is 26.4 Å². The van der Waals surface area contributed by atoms with Crippen molar-refractivity contribution in [3.8, 4) is 11.5 Å². The van der Waals surface area contributed by atoms with Gasteiger partial charge < -0.3 is 18.9 Å². The number of methoxy groups -OCH3 is 2. The molecule has 0 aliphatic heterocycles. The highest BCUT2D eigenvalue weighted by Gasteiger charge is 2.18. The summed E-state index contributed by atoms with van der Waals surface area (Å²) in [5.41, 5.74) is 2.26. The average Bonchev–Trinajstić information content (AvgIpc) is 3.11. The number of likely N-dealkylation sites (N-methyl/N-ethyl adjacent to an activating group) is 1. The normalized spacial score (nSPS) is 11.1. The molecule has 7 nitrogen and oxygen atoms in total. The van der Waals surface area contributed by atoms with Crippen molar-refractivity contribution in [2.45, 2.75) is 20.4 Å². The number of para-hydroxylation sites is 2. The Balaban J connectivity index is 1.93. The third kappa shape index (κ3) is 4.60. The van der Waals surface area contributed by atoms with Crippen LogP contribution in [0.15, 0.2) is 40.9 Å². The lowest BCUT2D eigenvalue weighted by molar-refractivity contribution is 0.102.